The van der Waals surface area contributed by atoms with E-state index in [9.17, 15) is 0 Å². The fourth-order valence-electron chi connectivity index (χ4n) is 9.24. The quantitative estimate of drug-likeness (QED) is 0.172. The minimum atomic E-state index is -0.398. The summed E-state index contributed by atoms with van der Waals surface area (Å²) >= 11 is 0. The first-order valence-electron chi connectivity index (χ1n) is 21.1. The summed E-state index contributed by atoms with van der Waals surface area (Å²) in [4.78, 5) is 10.7. The molecule has 11 aromatic rings. The van der Waals surface area contributed by atoms with Crippen molar-refractivity contribution in [2.24, 2.45) is 9.98 Å². The molecule has 3 heterocycles. The van der Waals surface area contributed by atoms with E-state index in [4.69, 9.17) is 9.98 Å². The van der Waals surface area contributed by atoms with Crippen LogP contribution in [0.5, 0.6) is 0 Å². The number of aliphatic imine (C=N–C) groups is 2. The van der Waals surface area contributed by atoms with Crippen LogP contribution < -0.4 is 5.32 Å². The molecule has 2 aromatic heterocycles. The van der Waals surface area contributed by atoms with Gasteiger partial charge >= 0.3 is 0 Å². The first kappa shape index (κ1) is 35.6. The Hall–Kier alpha value is -8.28. The first-order chi connectivity index (χ1) is 30.7. The molecule has 1 N–H and O–H groups in total. The minimum Gasteiger partial charge on any atom is -0.344 e. The van der Waals surface area contributed by atoms with E-state index in [1.807, 2.05) is 0 Å². The Morgan fingerprint density at radius 3 is 1.35 bits per heavy atom. The topological polar surface area (TPSA) is 46.6 Å². The van der Waals surface area contributed by atoms with Crippen molar-refractivity contribution in [1.82, 2.24) is 14.5 Å². The molecular weight excluding hydrogens is 755 g/mol. The summed E-state index contributed by atoms with van der Waals surface area (Å²) in [6.07, 6.45) is -0.398. The minimum absolute atomic E-state index is 0.398. The maximum Gasteiger partial charge on any atom is 0.159 e. The third-order valence-corrected chi connectivity index (χ3v) is 12.2. The summed E-state index contributed by atoms with van der Waals surface area (Å²) in [5.74, 6) is 1.45. The van der Waals surface area contributed by atoms with Gasteiger partial charge in [-0.2, -0.15) is 0 Å². The van der Waals surface area contributed by atoms with Crippen LogP contribution >= 0.6 is 0 Å². The molecule has 1 atom stereocenters. The molecule has 0 saturated carbocycles. The van der Waals surface area contributed by atoms with Crippen molar-refractivity contribution in [3.63, 3.8) is 0 Å². The zero-order valence-electron chi connectivity index (χ0n) is 33.7. The molecular formula is C57H39N5. The molecule has 1 aliphatic rings. The summed E-state index contributed by atoms with van der Waals surface area (Å²) in [6, 6.07) is 79.9. The molecule has 9 aromatic carbocycles. The van der Waals surface area contributed by atoms with E-state index in [2.05, 4.69) is 239 Å². The lowest BCUT2D eigenvalue weighted by Gasteiger charge is -2.24. The molecule has 1 unspecified atom stereocenters. The Kier molecular flexibility index (Phi) is 8.49. The molecule has 0 saturated heterocycles. The molecule has 5 nitrogen and oxygen atoms in total. The van der Waals surface area contributed by atoms with E-state index in [1.165, 1.54) is 54.7 Å². The van der Waals surface area contributed by atoms with Gasteiger partial charge in [0.15, 0.2) is 5.84 Å². The largest absolute Gasteiger partial charge is 0.344 e. The van der Waals surface area contributed by atoms with E-state index in [0.717, 1.165) is 45.0 Å². The number of para-hydroxylation sites is 4. The highest BCUT2D eigenvalue weighted by Gasteiger charge is 2.23. The van der Waals surface area contributed by atoms with Gasteiger partial charge in [0.2, 0.25) is 0 Å². The highest BCUT2D eigenvalue weighted by molar-refractivity contribution is 6.14. The fourth-order valence-corrected chi connectivity index (χ4v) is 9.24. The molecule has 0 bridgehead atoms. The van der Waals surface area contributed by atoms with Crippen molar-refractivity contribution in [2.45, 2.75) is 6.17 Å². The maximum atomic E-state index is 5.36. The van der Waals surface area contributed by atoms with Gasteiger partial charge < -0.3 is 14.5 Å². The monoisotopic (exact) mass is 793 g/mol. The lowest BCUT2D eigenvalue weighted by Crippen LogP contribution is -2.33. The van der Waals surface area contributed by atoms with Gasteiger partial charge in [0, 0.05) is 44.0 Å². The van der Waals surface area contributed by atoms with Crippen molar-refractivity contribution in [3.05, 3.63) is 241 Å². The second kappa shape index (κ2) is 14.8. The molecule has 0 aliphatic carbocycles. The molecule has 5 heteroatoms. The Morgan fingerprint density at radius 1 is 0.339 bits per heavy atom. The second-order valence-corrected chi connectivity index (χ2v) is 15.9. The average Bonchev–Trinajstić information content (AvgIpc) is 3.87. The predicted molar refractivity (Wildman–Crippen MR) is 258 cm³/mol. The standard InChI is InChI=1S/C57H39N5/c1-2-15-38(16-3-1)41-17-12-18-42(35-41)39-31-33-40(34-32-39)55-58-56(43-19-13-21-45(36-43)61-51-27-8-4-23-47(51)48-24-5-9-28-52(48)61)60-57(59-55)44-20-14-22-46(37-44)62-53-29-10-6-25-49(53)50-26-7-11-30-54(50)62/h1-37,56H,(H,58,59,60). The van der Waals surface area contributed by atoms with Crippen LogP contribution in [0, 0.1) is 0 Å². The van der Waals surface area contributed by atoms with Gasteiger partial charge in [-0.3, -0.25) is 0 Å². The zero-order valence-corrected chi connectivity index (χ0v) is 33.7. The van der Waals surface area contributed by atoms with Crippen molar-refractivity contribution >= 4 is 55.3 Å². The smallest absolute Gasteiger partial charge is 0.159 e. The van der Waals surface area contributed by atoms with E-state index < -0.39 is 6.17 Å². The second-order valence-electron chi connectivity index (χ2n) is 15.9. The Labute approximate surface area is 359 Å². The Morgan fingerprint density at radius 2 is 0.774 bits per heavy atom. The normalized spacial score (nSPS) is 14.0. The average molecular weight is 794 g/mol. The van der Waals surface area contributed by atoms with E-state index >= 15 is 0 Å². The lowest BCUT2D eigenvalue weighted by atomic mass is 9.98. The van der Waals surface area contributed by atoms with Crippen LogP contribution in [0.1, 0.15) is 22.9 Å². The number of hydrogen-bond donors (Lipinski definition) is 1. The van der Waals surface area contributed by atoms with Gasteiger partial charge in [-0.15, -0.1) is 0 Å². The first-order valence-corrected chi connectivity index (χ1v) is 21.1. The number of benzene rings is 9. The number of amidine groups is 2. The van der Waals surface area contributed by atoms with Gasteiger partial charge in [0.1, 0.15) is 12.0 Å². The number of aromatic nitrogens is 2. The summed E-state index contributed by atoms with van der Waals surface area (Å²) in [5.41, 5.74) is 14.5. The molecule has 0 spiro atoms. The van der Waals surface area contributed by atoms with Crippen molar-refractivity contribution < 1.29 is 0 Å². The number of rotatable bonds is 7. The maximum absolute atomic E-state index is 5.36. The summed E-state index contributed by atoms with van der Waals surface area (Å²) in [7, 11) is 0. The third kappa shape index (κ3) is 6.10. The van der Waals surface area contributed by atoms with Gasteiger partial charge in [-0.25, -0.2) is 9.98 Å². The van der Waals surface area contributed by atoms with Crippen LogP contribution in [0.2, 0.25) is 0 Å². The van der Waals surface area contributed by atoms with Gasteiger partial charge in [0.25, 0.3) is 0 Å². The van der Waals surface area contributed by atoms with Gasteiger partial charge in [-0.1, -0.05) is 170 Å². The van der Waals surface area contributed by atoms with Crippen LogP contribution in [0.15, 0.2) is 234 Å². The van der Waals surface area contributed by atoms with Gasteiger partial charge in [0.05, 0.1) is 22.1 Å². The predicted octanol–water partition coefficient (Wildman–Crippen LogP) is 13.7. The van der Waals surface area contributed by atoms with Crippen LogP contribution in [0.4, 0.5) is 0 Å². The molecule has 12 rings (SSSR count). The SMILES string of the molecule is c1ccc(-c2cccc(-c3ccc(C4=NC(c5cccc(-n6c7ccccc7c7ccccc76)c5)NC(c5cccc(-n6c7ccccc7c7ccccc76)c5)=N4)cc3)c2)cc1. The van der Waals surface area contributed by atoms with Crippen LogP contribution in [-0.4, -0.2) is 20.8 Å². The summed E-state index contributed by atoms with van der Waals surface area (Å²) in [5, 5.41) is 8.71. The molecule has 0 fully saturated rings. The number of nitrogens with one attached hydrogen (secondary N) is 1. The molecule has 62 heavy (non-hydrogen) atoms. The van der Waals surface area contributed by atoms with Crippen LogP contribution in [0.25, 0.3) is 77.2 Å². The van der Waals surface area contributed by atoms with Crippen molar-refractivity contribution in [2.75, 3.05) is 0 Å². The van der Waals surface area contributed by atoms with E-state index in [0.29, 0.717) is 5.84 Å². The van der Waals surface area contributed by atoms with E-state index in [1.54, 1.807) is 0 Å². The molecule has 0 radical (unpaired) electrons. The zero-order chi connectivity index (χ0) is 41.0. The van der Waals surface area contributed by atoms with Crippen molar-refractivity contribution in [3.8, 4) is 33.6 Å². The number of fused-ring (bicyclic) bond motifs is 6. The molecule has 0 amide bonds. The van der Waals surface area contributed by atoms with Gasteiger partial charge in [-0.05, 0) is 82.4 Å². The Bertz CT molecular complexity index is 3450. The summed E-state index contributed by atoms with van der Waals surface area (Å²) in [6.45, 7) is 0. The summed E-state index contributed by atoms with van der Waals surface area (Å²) < 4.78 is 4.71. The molecule has 1 aliphatic heterocycles. The highest BCUT2D eigenvalue weighted by atomic mass is 15.2. The Balaban J connectivity index is 0.969. The fraction of sp³-hybridized carbons (Fsp3) is 0.0175. The number of nitrogens with zero attached hydrogens (tertiary/aromatic N) is 4. The highest BCUT2D eigenvalue weighted by Crippen LogP contribution is 2.35. The third-order valence-electron chi connectivity index (χ3n) is 12.2. The van der Waals surface area contributed by atoms with Crippen molar-refractivity contribution in [1.29, 1.82) is 0 Å². The van der Waals surface area contributed by atoms with Crippen LogP contribution in [0.3, 0.4) is 0 Å². The number of hydrogen-bond acceptors (Lipinski definition) is 3. The van der Waals surface area contributed by atoms with E-state index in [-0.39, 0.29) is 0 Å². The van der Waals surface area contributed by atoms with Crippen LogP contribution in [-0.2, 0) is 0 Å². The lowest BCUT2D eigenvalue weighted by molar-refractivity contribution is 0.673. The molecule has 292 valence electrons.